The van der Waals surface area contributed by atoms with Crippen molar-refractivity contribution in [3.8, 4) is 11.5 Å². The normalized spacial score (nSPS) is 22.2. The summed E-state index contributed by atoms with van der Waals surface area (Å²) >= 11 is 0. The lowest BCUT2D eigenvalue weighted by Gasteiger charge is -2.25. The number of aromatic hydroxyl groups is 2. The Kier molecular flexibility index (Phi) is 4.12. The number of rotatable bonds is 4. The number of nitrogens with zero attached hydrogens (tertiary/aromatic N) is 1. The van der Waals surface area contributed by atoms with E-state index in [2.05, 4.69) is 18.7 Å². The highest BCUT2D eigenvalue weighted by Gasteiger charge is 2.26. The van der Waals surface area contributed by atoms with Crippen LogP contribution in [0.15, 0.2) is 18.2 Å². The fraction of sp³-hybridized carbons (Fsp3) is 0.600. The Morgan fingerprint density at radius 1 is 1.28 bits per heavy atom. The minimum absolute atomic E-state index is 0.140. The third kappa shape index (κ3) is 2.96. The molecule has 1 aromatic rings. The predicted molar refractivity (Wildman–Crippen MR) is 72.8 cm³/mol. The molecule has 0 saturated carbocycles. The Bertz CT molecular complexity index is 385. The zero-order valence-electron chi connectivity index (χ0n) is 11.3. The number of hydrogen-bond acceptors (Lipinski definition) is 3. The van der Waals surface area contributed by atoms with Crippen molar-refractivity contribution in [3.05, 3.63) is 23.8 Å². The molecule has 2 atom stereocenters. The molecule has 2 rings (SSSR count). The molecule has 1 fully saturated rings. The lowest BCUT2D eigenvalue weighted by Crippen LogP contribution is -2.24. The SMILES string of the molecule is CCCC1CCN(C(C)c2cc(O)cc(O)c2)C1. The molecule has 18 heavy (non-hydrogen) atoms. The van der Waals surface area contributed by atoms with Gasteiger partial charge in [0.25, 0.3) is 0 Å². The van der Waals surface area contributed by atoms with Gasteiger partial charge in [-0.3, -0.25) is 4.90 Å². The molecule has 0 bridgehead atoms. The Morgan fingerprint density at radius 3 is 2.56 bits per heavy atom. The summed E-state index contributed by atoms with van der Waals surface area (Å²) in [6.45, 7) is 6.62. The molecule has 0 radical (unpaired) electrons. The van der Waals surface area contributed by atoms with Gasteiger partial charge < -0.3 is 10.2 Å². The van der Waals surface area contributed by atoms with Gasteiger partial charge in [0.15, 0.2) is 0 Å². The van der Waals surface area contributed by atoms with E-state index in [1.165, 1.54) is 25.3 Å². The number of likely N-dealkylation sites (tertiary alicyclic amines) is 1. The van der Waals surface area contributed by atoms with Gasteiger partial charge >= 0.3 is 0 Å². The summed E-state index contributed by atoms with van der Waals surface area (Å²) in [4.78, 5) is 2.44. The fourth-order valence-electron chi connectivity index (χ4n) is 2.93. The molecule has 0 spiro atoms. The summed E-state index contributed by atoms with van der Waals surface area (Å²) in [6.07, 6.45) is 3.82. The number of benzene rings is 1. The first kappa shape index (κ1) is 13.2. The number of phenolic OH excluding ortho intramolecular Hbond substituents is 2. The molecular weight excluding hydrogens is 226 g/mol. The first-order valence-electron chi connectivity index (χ1n) is 6.87. The lowest BCUT2D eigenvalue weighted by molar-refractivity contribution is 0.249. The molecule has 3 heteroatoms. The van der Waals surface area contributed by atoms with E-state index in [1.807, 2.05) is 0 Å². The van der Waals surface area contributed by atoms with Gasteiger partial charge in [0, 0.05) is 18.7 Å². The van der Waals surface area contributed by atoms with E-state index >= 15 is 0 Å². The van der Waals surface area contributed by atoms with Gasteiger partial charge in [-0.05, 0) is 49.9 Å². The van der Waals surface area contributed by atoms with E-state index in [9.17, 15) is 10.2 Å². The maximum atomic E-state index is 9.54. The van der Waals surface area contributed by atoms with Gasteiger partial charge in [0.05, 0.1) is 0 Å². The van der Waals surface area contributed by atoms with Crippen LogP contribution in [0.5, 0.6) is 11.5 Å². The van der Waals surface area contributed by atoms with Crippen molar-refractivity contribution in [2.24, 2.45) is 5.92 Å². The average molecular weight is 249 g/mol. The monoisotopic (exact) mass is 249 g/mol. The first-order valence-corrected chi connectivity index (χ1v) is 6.87. The highest BCUT2D eigenvalue weighted by molar-refractivity contribution is 5.38. The molecule has 1 aliphatic rings. The molecule has 1 aliphatic heterocycles. The highest BCUT2D eigenvalue weighted by Crippen LogP contribution is 2.32. The van der Waals surface area contributed by atoms with Crippen molar-refractivity contribution in [2.75, 3.05) is 13.1 Å². The molecule has 100 valence electrons. The molecular formula is C15H23NO2. The second-order valence-corrected chi connectivity index (χ2v) is 5.40. The summed E-state index contributed by atoms with van der Waals surface area (Å²) in [6, 6.07) is 5.12. The molecule has 1 saturated heterocycles. The van der Waals surface area contributed by atoms with Crippen molar-refractivity contribution in [1.29, 1.82) is 0 Å². The van der Waals surface area contributed by atoms with Gasteiger partial charge in [-0.1, -0.05) is 13.3 Å². The average Bonchev–Trinajstić information content (AvgIpc) is 2.76. The first-order chi connectivity index (χ1) is 8.60. The second-order valence-electron chi connectivity index (χ2n) is 5.40. The van der Waals surface area contributed by atoms with E-state index in [1.54, 1.807) is 12.1 Å². The van der Waals surface area contributed by atoms with E-state index in [4.69, 9.17) is 0 Å². The molecule has 3 nitrogen and oxygen atoms in total. The summed E-state index contributed by atoms with van der Waals surface area (Å²) in [5.74, 6) is 1.09. The standard InChI is InChI=1S/C15H23NO2/c1-3-4-12-5-6-16(10-12)11(2)13-7-14(17)9-15(18)8-13/h7-9,11-12,17-18H,3-6,10H2,1-2H3. The number of hydrogen-bond donors (Lipinski definition) is 2. The summed E-state index contributed by atoms with van der Waals surface area (Å²) in [5, 5.41) is 19.1. The smallest absolute Gasteiger partial charge is 0.119 e. The van der Waals surface area contributed by atoms with E-state index in [0.29, 0.717) is 0 Å². The summed E-state index contributed by atoms with van der Waals surface area (Å²) in [5.41, 5.74) is 0.990. The van der Waals surface area contributed by atoms with Crippen LogP contribution in [-0.4, -0.2) is 28.2 Å². The van der Waals surface area contributed by atoms with Gasteiger partial charge in [-0.2, -0.15) is 0 Å². The van der Waals surface area contributed by atoms with E-state index < -0.39 is 0 Å². The Morgan fingerprint density at radius 2 is 1.94 bits per heavy atom. The van der Waals surface area contributed by atoms with Crippen LogP contribution >= 0.6 is 0 Å². The van der Waals surface area contributed by atoms with Crippen LogP contribution in [0.4, 0.5) is 0 Å². The molecule has 0 aliphatic carbocycles. The van der Waals surface area contributed by atoms with Gasteiger partial charge in [0.2, 0.25) is 0 Å². The maximum absolute atomic E-state index is 9.54. The van der Waals surface area contributed by atoms with Gasteiger partial charge in [-0.25, -0.2) is 0 Å². The van der Waals surface area contributed by atoms with Crippen molar-refractivity contribution in [2.45, 2.75) is 39.2 Å². The van der Waals surface area contributed by atoms with Crippen LogP contribution in [0.1, 0.15) is 44.7 Å². The van der Waals surface area contributed by atoms with E-state index in [-0.39, 0.29) is 17.5 Å². The van der Waals surface area contributed by atoms with Crippen molar-refractivity contribution >= 4 is 0 Å². The van der Waals surface area contributed by atoms with Crippen LogP contribution in [0.3, 0.4) is 0 Å². The minimum atomic E-state index is 0.140. The zero-order chi connectivity index (χ0) is 13.1. The third-order valence-electron chi connectivity index (χ3n) is 3.97. The van der Waals surface area contributed by atoms with Crippen molar-refractivity contribution < 1.29 is 10.2 Å². The Balaban J connectivity index is 2.05. The van der Waals surface area contributed by atoms with Crippen LogP contribution in [0.25, 0.3) is 0 Å². The maximum Gasteiger partial charge on any atom is 0.119 e. The molecule has 2 N–H and O–H groups in total. The van der Waals surface area contributed by atoms with Crippen LogP contribution in [0, 0.1) is 5.92 Å². The quantitative estimate of drug-likeness (QED) is 0.860. The summed E-state index contributed by atoms with van der Waals surface area (Å²) in [7, 11) is 0. The van der Waals surface area contributed by atoms with Gasteiger partial charge in [-0.15, -0.1) is 0 Å². The van der Waals surface area contributed by atoms with Crippen LogP contribution < -0.4 is 0 Å². The van der Waals surface area contributed by atoms with Gasteiger partial charge in [0.1, 0.15) is 11.5 Å². The third-order valence-corrected chi connectivity index (χ3v) is 3.97. The van der Waals surface area contributed by atoms with Crippen LogP contribution in [-0.2, 0) is 0 Å². The molecule has 0 amide bonds. The van der Waals surface area contributed by atoms with Crippen molar-refractivity contribution in [1.82, 2.24) is 4.90 Å². The van der Waals surface area contributed by atoms with Crippen LogP contribution in [0.2, 0.25) is 0 Å². The largest absolute Gasteiger partial charge is 0.508 e. The molecule has 2 unspecified atom stereocenters. The van der Waals surface area contributed by atoms with Crippen molar-refractivity contribution in [3.63, 3.8) is 0 Å². The number of phenols is 2. The second kappa shape index (κ2) is 5.61. The highest BCUT2D eigenvalue weighted by atomic mass is 16.3. The lowest BCUT2D eigenvalue weighted by atomic mass is 10.0. The molecule has 1 heterocycles. The van der Waals surface area contributed by atoms with E-state index in [0.717, 1.165) is 24.6 Å². The Hall–Kier alpha value is -1.22. The topological polar surface area (TPSA) is 43.7 Å². The molecule has 1 aromatic carbocycles. The zero-order valence-corrected chi connectivity index (χ0v) is 11.3. The molecule has 0 aromatic heterocycles. The summed E-state index contributed by atoms with van der Waals surface area (Å²) < 4.78 is 0. The fourth-order valence-corrected chi connectivity index (χ4v) is 2.93. The predicted octanol–water partition coefficient (Wildman–Crippen LogP) is 3.28. The Labute approximate surface area is 109 Å². The minimum Gasteiger partial charge on any atom is -0.508 e.